The number of rotatable bonds is 5. The summed E-state index contributed by atoms with van der Waals surface area (Å²) in [7, 11) is 0. The number of nitro groups is 1. The number of alkyl halides is 3. The highest BCUT2D eigenvalue weighted by Crippen LogP contribution is 2.45. The molecule has 3 aromatic rings. The summed E-state index contributed by atoms with van der Waals surface area (Å²) in [6.07, 6.45) is -4.74. The molecule has 0 bridgehead atoms. The molecule has 0 heterocycles. The van der Waals surface area contributed by atoms with Crippen molar-refractivity contribution in [1.29, 1.82) is 0 Å². The van der Waals surface area contributed by atoms with Crippen molar-refractivity contribution in [1.82, 2.24) is 0 Å². The molecular formula is C30H36F3N3O3. The number of halogens is 3. The van der Waals surface area contributed by atoms with Gasteiger partial charge in [-0.1, -0.05) is 91.8 Å². The third-order valence-corrected chi connectivity index (χ3v) is 5.89. The maximum Gasteiger partial charge on any atom is 0.416 e. The van der Waals surface area contributed by atoms with Crippen molar-refractivity contribution < 1.29 is 23.2 Å². The molecule has 0 atom stereocenters. The zero-order valence-corrected chi connectivity index (χ0v) is 23.6. The van der Waals surface area contributed by atoms with Crippen molar-refractivity contribution >= 4 is 17.1 Å². The van der Waals surface area contributed by atoms with Gasteiger partial charge in [0.05, 0.1) is 10.5 Å². The highest BCUT2D eigenvalue weighted by Gasteiger charge is 2.33. The number of nitrogens with zero attached hydrogens (tertiary/aromatic N) is 3. The highest BCUT2D eigenvalue weighted by atomic mass is 19.4. The van der Waals surface area contributed by atoms with Crippen molar-refractivity contribution in [2.45, 2.75) is 72.4 Å². The van der Waals surface area contributed by atoms with Gasteiger partial charge in [-0.2, -0.15) is 13.2 Å². The summed E-state index contributed by atoms with van der Waals surface area (Å²) in [5.41, 5.74) is -0.887. The van der Waals surface area contributed by atoms with E-state index in [1.807, 2.05) is 71.0 Å². The average Bonchev–Trinajstić information content (AvgIpc) is 2.82. The standard InChI is InChI=1S/C26H26F3N3O3.C4H10/c1-24(2,3)18-13-19(25(4,5)16-9-7-6-8-10-16)23(33)21(14-18)31-30-20-12-11-17(26(27,28)29)15-22(20)32(34)35;1-4(2)3/h6-15,33H,1-5H3;4H,1-3H3. The molecule has 0 radical (unpaired) electrons. The van der Waals surface area contributed by atoms with Gasteiger partial charge in [0.1, 0.15) is 11.4 Å². The van der Waals surface area contributed by atoms with Gasteiger partial charge in [0, 0.05) is 17.0 Å². The zero-order valence-electron chi connectivity index (χ0n) is 23.6. The van der Waals surface area contributed by atoms with Crippen LogP contribution in [-0.2, 0) is 17.0 Å². The molecule has 9 heteroatoms. The van der Waals surface area contributed by atoms with E-state index in [0.29, 0.717) is 17.7 Å². The first kappa shape index (κ1) is 31.5. The fourth-order valence-corrected chi connectivity index (χ4v) is 3.65. The second-order valence-electron chi connectivity index (χ2n) is 11.5. The van der Waals surface area contributed by atoms with Crippen LogP contribution in [0.15, 0.2) is 70.9 Å². The number of aromatic hydroxyl groups is 1. The average molecular weight is 544 g/mol. The van der Waals surface area contributed by atoms with E-state index in [9.17, 15) is 28.4 Å². The van der Waals surface area contributed by atoms with E-state index in [1.54, 1.807) is 6.07 Å². The minimum absolute atomic E-state index is 0.0608. The molecule has 0 aromatic heterocycles. The van der Waals surface area contributed by atoms with Gasteiger partial charge in [0.25, 0.3) is 5.69 Å². The summed E-state index contributed by atoms with van der Waals surface area (Å²) in [4.78, 5) is 10.4. The van der Waals surface area contributed by atoms with Gasteiger partial charge in [-0.15, -0.1) is 10.2 Å². The normalized spacial score (nSPS) is 12.4. The van der Waals surface area contributed by atoms with Crippen LogP contribution in [-0.4, -0.2) is 10.0 Å². The van der Waals surface area contributed by atoms with E-state index < -0.39 is 27.8 Å². The monoisotopic (exact) mass is 543 g/mol. The maximum absolute atomic E-state index is 13.0. The molecule has 0 saturated carbocycles. The Balaban J connectivity index is 0.00000124. The Labute approximate surface area is 227 Å². The quantitative estimate of drug-likeness (QED) is 0.197. The number of hydrogen-bond acceptors (Lipinski definition) is 5. The predicted molar refractivity (Wildman–Crippen MR) is 148 cm³/mol. The molecule has 0 aliphatic carbocycles. The van der Waals surface area contributed by atoms with Crippen LogP contribution in [0, 0.1) is 16.0 Å². The second-order valence-corrected chi connectivity index (χ2v) is 11.5. The van der Waals surface area contributed by atoms with Gasteiger partial charge >= 0.3 is 6.18 Å². The Kier molecular flexibility index (Phi) is 9.66. The molecule has 0 fully saturated rings. The summed E-state index contributed by atoms with van der Waals surface area (Å²) in [6, 6.07) is 15.1. The molecule has 1 N–H and O–H groups in total. The number of phenols is 1. The topological polar surface area (TPSA) is 88.1 Å². The molecule has 0 amide bonds. The Morgan fingerprint density at radius 2 is 1.33 bits per heavy atom. The Bertz CT molecular complexity index is 1320. The van der Waals surface area contributed by atoms with Gasteiger partial charge in [-0.05, 0) is 40.7 Å². The molecule has 39 heavy (non-hydrogen) atoms. The first-order valence-corrected chi connectivity index (χ1v) is 12.6. The third-order valence-electron chi connectivity index (χ3n) is 5.89. The smallest absolute Gasteiger partial charge is 0.416 e. The van der Waals surface area contributed by atoms with E-state index in [2.05, 4.69) is 31.0 Å². The van der Waals surface area contributed by atoms with Crippen molar-refractivity contribution in [2.75, 3.05) is 0 Å². The summed E-state index contributed by atoms with van der Waals surface area (Å²) in [5.74, 6) is 0.671. The third kappa shape index (κ3) is 8.12. The molecule has 0 saturated heterocycles. The minimum atomic E-state index is -4.74. The summed E-state index contributed by atoms with van der Waals surface area (Å²) in [5, 5.41) is 30.4. The van der Waals surface area contributed by atoms with Gasteiger partial charge < -0.3 is 5.11 Å². The molecule has 210 valence electrons. The number of hydrogen-bond donors (Lipinski definition) is 1. The lowest BCUT2D eigenvalue weighted by atomic mass is 9.75. The lowest BCUT2D eigenvalue weighted by molar-refractivity contribution is -0.384. The maximum atomic E-state index is 13.0. The zero-order chi connectivity index (χ0) is 29.8. The van der Waals surface area contributed by atoms with Gasteiger partial charge in [0.2, 0.25) is 0 Å². The molecule has 6 nitrogen and oxygen atoms in total. The molecule has 0 unspecified atom stereocenters. The second kappa shape index (κ2) is 12.0. The van der Waals surface area contributed by atoms with Crippen molar-refractivity contribution in [3.05, 3.63) is 93.0 Å². The number of benzene rings is 3. The van der Waals surface area contributed by atoms with Crippen LogP contribution in [0.3, 0.4) is 0 Å². The van der Waals surface area contributed by atoms with E-state index in [1.165, 1.54) is 0 Å². The molecule has 3 aromatic carbocycles. The van der Waals surface area contributed by atoms with Crippen molar-refractivity contribution in [2.24, 2.45) is 16.1 Å². The van der Waals surface area contributed by atoms with Crippen LogP contribution in [0.5, 0.6) is 5.75 Å². The van der Waals surface area contributed by atoms with Crippen molar-refractivity contribution in [3.63, 3.8) is 0 Å². The lowest BCUT2D eigenvalue weighted by Gasteiger charge is -2.30. The van der Waals surface area contributed by atoms with E-state index in [0.717, 1.165) is 23.1 Å². The largest absolute Gasteiger partial charge is 0.505 e. The van der Waals surface area contributed by atoms with E-state index in [-0.39, 0.29) is 22.5 Å². The molecule has 0 spiro atoms. The van der Waals surface area contributed by atoms with Gasteiger partial charge in [-0.25, -0.2) is 0 Å². The van der Waals surface area contributed by atoms with Crippen molar-refractivity contribution in [3.8, 4) is 5.75 Å². The molecule has 0 aliphatic heterocycles. The minimum Gasteiger partial charge on any atom is -0.505 e. The SMILES string of the molecule is CC(C)(C)c1cc(N=Nc2ccc(C(F)(F)F)cc2[N+](=O)[O-])c(O)c(C(C)(C)c2ccccc2)c1.CC(C)C. The number of nitro benzene ring substituents is 1. The fourth-order valence-electron chi connectivity index (χ4n) is 3.65. The molecular weight excluding hydrogens is 507 g/mol. The Morgan fingerprint density at radius 1 is 0.795 bits per heavy atom. The lowest BCUT2D eigenvalue weighted by Crippen LogP contribution is -2.21. The van der Waals surface area contributed by atoms with Crippen LogP contribution in [0.2, 0.25) is 0 Å². The van der Waals surface area contributed by atoms with Crippen LogP contribution < -0.4 is 0 Å². The van der Waals surface area contributed by atoms with Crippen LogP contribution in [0.4, 0.5) is 30.2 Å². The molecule has 3 rings (SSSR count). The van der Waals surface area contributed by atoms with Crippen LogP contribution in [0.25, 0.3) is 0 Å². The molecule has 0 aliphatic rings. The first-order chi connectivity index (χ1) is 17.9. The highest BCUT2D eigenvalue weighted by molar-refractivity contribution is 5.63. The first-order valence-electron chi connectivity index (χ1n) is 12.6. The fraction of sp³-hybridized carbons (Fsp3) is 0.400. The van der Waals surface area contributed by atoms with Gasteiger partial charge in [-0.3, -0.25) is 10.1 Å². The summed E-state index contributed by atoms with van der Waals surface area (Å²) >= 11 is 0. The van der Waals surface area contributed by atoms with E-state index >= 15 is 0 Å². The summed E-state index contributed by atoms with van der Waals surface area (Å²) < 4.78 is 39.0. The predicted octanol–water partition coefficient (Wildman–Crippen LogP) is 10.0. The number of phenolic OH excluding ortho intramolecular Hbond substituents is 1. The van der Waals surface area contributed by atoms with Crippen LogP contribution in [0.1, 0.15) is 77.6 Å². The van der Waals surface area contributed by atoms with E-state index in [4.69, 9.17) is 0 Å². The Hall–Kier alpha value is -3.75. The summed E-state index contributed by atoms with van der Waals surface area (Å²) in [6.45, 7) is 16.4. The Morgan fingerprint density at radius 3 is 1.82 bits per heavy atom. The van der Waals surface area contributed by atoms with Crippen LogP contribution >= 0.6 is 0 Å². The van der Waals surface area contributed by atoms with Gasteiger partial charge in [0.15, 0.2) is 5.69 Å². The number of azo groups is 1.